The molecular weight excluding hydrogens is 250 g/mol. The molecule has 4 nitrogen and oxygen atoms in total. The molecule has 0 saturated carbocycles. The van der Waals surface area contributed by atoms with E-state index >= 15 is 0 Å². The Morgan fingerprint density at radius 3 is 2.67 bits per heavy atom. The van der Waals surface area contributed by atoms with Crippen molar-refractivity contribution in [3.63, 3.8) is 0 Å². The molecule has 1 aromatic heterocycles. The predicted molar refractivity (Wildman–Crippen MR) is 76.4 cm³/mol. The van der Waals surface area contributed by atoms with Gasteiger partial charge in [0.15, 0.2) is 0 Å². The van der Waals surface area contributed by atoms with Gasteiger partial charge in [-0.2, -0.15) is 5.10 Å². The summed E-state index contributed by atoms with van der Waals surface area (Å²) < 4.78 is 1.41. The van der Waals surface area contributed by atoms with Gasteiger partial charge in [0.05, 0.1) is 11.9 Å². The maximum atomic E-state index is 11.9. The number of aryl methyl sites for hydroxylation is 1. The summed E-state index contributed by atoms with van der Waals surface area (Å²) in [5.41, 5.74) is 0.434. The van der Waals surface area contributed by atoms with Gasteiger partial charge >= 0.3 is 0 Å². The van der Waals surface area contributed by atoms with Crippen molar-refractivity contribution >= 4 is 17.3 Å². The van der Waals surface area contributed by atoms with Crippen molar-refractivity contribution in [3.8, 4) is 0 Å². The lowest BCUT2D eigenvalue weighted by atomic mass is 10.1. The SMILES string of the molecule is CCCC(CC)Nc1cnn(CCC)c(=O)c1Cl. The van der Waals surface area contributed by atoms with E-state index in [1.54, 1.807) is 6.20 Å². The van der Waals surface area contributed by atoms with Crippen molar-refractivity contribution in [2.75, 3.05) is 5.32 Å². The number of hydrogen-bond acceptors (Lipinski definition) is 3. The predicted octanol–water partition coefficient (Wildman–Crippen LogP) is 3.30. The zero-order chi connectivity index (χ0) is 13.5. The van der Waals surface area contributed by atoms with Gasteiger partial charge in [-0.05, 0) is 19.3 Å². The topological polar surface area (TPSA) is 46.9 Å². The van der Waals surface area contributed by atoms with Gasteiger partial charge in [-0.3, -0.25) is 4.79 Å². The molecule has 0 aliphatic carbocycles. The van der Waals surface area contributed by atoms with Gasteiger partial charge in [0, 0.05) is 12.6 Å². The van der Waals surface area contributed by atoms with E-state index in [-0.39, 0.29) is 10.6 Å². The maximum absolute atomic E-state index is 11.9. The minimum atomic E-state index is -0.213. The first-order valence-corrected chi connectivity index (χ1v) is 7.03. The van der Waals surface area contributed by atoms with Gasteiger partial charge in [0.2, 0.25) is 0 Å². The highest BCUT2D eigenvalue weighted by Crippen LogP contribution is 2.18. The van der Waals surface area contributed by atoms with Gasteiger partial charge in [0.1, 0.15) is 5.02 Å². The quantitative estimate of drug-likeness (QED) is 0.828. The summed E-state index contributed by atoms with van der Waals surface area (Å²) in [4.78, 5) is 11.9. The second kappa shape index (κ2) is 7.41. The summed E-state index contributed by atoms with van der Waals surface area (Å²) in [5, 5.41) is 7.68. The highest BCUT2D eigenvalue weighted by atomic mass is 35.5. The van der Waals surface area contributed by atoms with E-state index in [2.05, 4.69) is 24.3 Å². The Bertz CT molecular complexity index is 431. The van der Waals surface area contributed by atoms with Crippen LogP contribution in [-0.4, -0.2) is 15.8 Å². The largest absolute Gasteiger partial charge is 0.380 e. The number of halogens is 1. The molecule has 0 fully saturated rings. The Kier molecular flexibility index (Phi) is 6.19. The summed E-state index contributed by atoms with van der Waals surface area (Å²) in [6, 6.07) is 0.343. The first-order chi connectivity index (χ1) is 8.63. The number of rotatable bonds is 7. The third kappa shape index (κ3) is 3.73. The molecule has 0 aliphatic heterocycles. The summed E-state index contributed by atoms with van der Waals surface area (Å²) in [7, 11) is 0. The maximum Gasteiger partial charge on any atom is 0.287 e. The average Bonchev–Trinajstić information content (AvgIpc) is 2.37. The minimum absolute atomic E-state index is 0.213. The number of hydrogen-bond donors (Lipinski definition) is 1. The molecule has 0 aliphatic rings. The fourth-order valence-corrected chi connectivity index (χ4v) is 2.08. The van der Waals surface area contributed by atoms with E-state index in [4.69, 9.17) is 11.6 Å². The van der Waals surface area contributed by atoms with Crippen LogP contribution in [0.2, 0.25) is 5.02 Å². The minimum Gasteiger partial charge on any atom is -0.380 e. The molecule has 0 radical (unpaired) electrons. The van der Waals surface area contributed by atoms with Crippen molar-refractivity contribution in [1.82, 2.24) is 9.78 Å². The van der Waals surface area contributed by atoms with Crippen LogP contribution < -0.4 is 10.9 Å². The molecule has 1 atom stereocenters. The Morgan fingerprint density at radius 2 is 2.11 bits per heavy atom. The Balaban J connectivity index is 2.91. The summed E-state index contributed by atoms with van der Waals surface area (Å²) in [5.74, 6) is 0. The zero-order valence-electron chi connectivity index (χ0n) is 11.4. The van der Waals surface area contributed by atoms with Crippen LogP contribution in [0.15, 0.2) is 11.0 Å². The number of aromatic nitrogens is 2. The van der Waals surface area contributed by atoms with Crippen LogP contribution in [0.4, 0.5) is 5.69 Å². The van der Waals surface area contributed by atoms with Crippen LogP contribution in [0, 0.1) is 0 Å². The second-order valence-corrected chi connectivity index (χ2v) is 4.82. The van der Waals surface area contributed by atoms with Crippen molar-refractivity contribution in [3.05, 3.63) is 21.6 Å². The highest BCUT2D eigenvalue weighted by molar-refractivity contribution is 6.32. The summed E-state index contributed by atoms with van der Waals surface area (Å²) >= 11 is 6.10. The van der Waals surface area contributed by atoms with Crippen LogP contribution in [0.5, 0.6) is 0 Å². The molecule has 1 heterocycles. The molecule has 0 spiro atoms. The van der Waals surface area contributed by atoms with Crippen molar-refractivity contribution in [2.24, 2.45) is 0 Å². The molecule has 0 aromatic carbocycles. The third-order valence-electron chi connectivity index (χ3n) is 2.91. The van der Waals surface area contributed by atoms with E-state index in [1.807, 2.05) is 6.92 Å². The Labute approximate surface area is 113 Å². The molecule has 102 valence electrons. The third-order valence-corrected chi connectivity index (χ3v) is 3.28. The van der Waals surface area contributed by atoms with Crippen LogP contribution in [-0.2, 0) is 6.54 Å². The highest BCUT2D eigenvalue weighted by Gasteiger charge is 2.12. The van der Waals surface area contributed by atoms with Crippen LogP contribution >= 0.6 is 11.6 Å². The molecule has 0 amide bonds. The fourth-order valence-electron chi connectivity index (χ4n) is 1.88. The molecule has 0 bridgehead atoms. The second-order valence-electron chi connectivity index (χ2n) is 4.44. The van der Waals surface area contributed by atoms with Gasteiger partial charge < -0.3 is 5.32 Å². The molecule has 1 aromatic rings. The van der Waals surface area contributed by atoms with E-state index in [0.29, 0.717) is 18.3 Å². The summed E-state index contributed by atoms with van der Waals surface area (Å²) in [6.07, 6.45) is 5.68. The first kappa shape index (κ1) is 15.0. The monoisotopic (exact) mass is 271 g/mol. The number of nitrogens with zero attached hydrogens (tertiary/aromatic N) is 2. The first-order valence-electron chi connectivity index (χ1n) is 6.66. The smallest absolute Gasteiger partial charge is 0.287 e. The Hall–Kier alpha value is -1.03. The van der Waals surface area contributed by atoms with E-state index in [9.17, 15) is 4.79 Å². The molecule has 1 N–H and O–H groups in total. The van der Waals surface area contributed by atoms with Gasteiger partial charge in [-0.1, -0.05) is 38.8 Å². The van der Waals surface area contributed by atoms with E-state index < -0.39 is 0 Å². The number of nitrogens with one attached hydrogen (secondary N) is 1. The molecule has 18 heavy (non-hydrogen) atoms. The van der Waals surface area contributed by atoms with Crippen molar-refractivity contribution in [1.29, 1.82) is 0 Å². The number of anilines is 1. The fraction of sp³-hybridized carbons (Fsp3) is 0.692. The molecule has 5 heteroatoms. The zero-order valence-corrected chi connectivity index (χ0v) is 12.1. The lowest BCUT2D eigenvalue weighted by Crippen LogP contribution is -2.26. The van der Waals surface area contributed by atoms with Gasteiger partial charge in [-0.25, -0.2) is 4.68 Å². The van der Waals surface area contributed by atoms with E-state index in [0.717, 1.165) is 25.7 Å². The lowest BCUT2D eigenvalue weighted by Gasteiger charge is -2.18. The van der Waals surface area contributed by atoms with Crippen LogP contribution in [0.25, 0.3) is 0 Å². The van der Waals surface area contributed by atoms with Gasteiger partial charge in [0.25, 0.3) is 5.56 Å². The molecule has 0 saturated heterocycles. The normalized spacial score (nSPS) is 12.4. The average molecular weight is 272 g/mol. The lowest BCUT2D eigenvalue weighted by molar-refractivity contribution is 0.566. The van der Waals surface area contributed by atoms with Crippen LogP contribution in [0.3, 0.4) is 0 Å². The Morgan fingerprint density at radius 1 is 1.39 bits per heavy atom. The van der Waals surface area contributed by atoms with Crippen molar-refractivity contribution in [2.45, 2.75) is 59.0 Å². The molecule has 1 unspecified atom stereocenters. The van der Waals surface area contributed by atoms with Gasteiger partial charge in [-0.15, -0.1) is 0 Å². The van der Waals surface area contributed by atoms with Crippen molar-refractivity contribution < 1.29 is 0 Å². The molecular formula is C13H22ClN3O. The molecule has 1 rings (SSSR count). The van der Waals surface area contributed by atoms with E-state index in [1.165, 1.54) is 4.68 Å². The summed E-state index contributed by atoms with van der Waals surface area (Å²) in [6.45, 7) is 6.87. The van der Waals surface area contributed by atoms with Crippen LogP contribution in [0.1, 0.15) is 46.5 Å². The standard InChI is InChI=1S/C13H22ClN3O/c1-4-7-10(6-3)16-11-9-15-17(8-5-2)13(18)12(11)14/h9-10,16H,4-8H2,1-3H3.